The van der Waals surface area contributed by atoms with Crippen molar-refractivity contribution in [3.8, 4) is 0 Å². The van der Waals surface area contributed by atoms with Crippen molar-refractivity contribution in [2.45, 2.75) is 65.3 Å². The first-order chi connectivity index (χ1) is 19.1. The van der Waals surface area contributed by atoms with Crippen molar-refractivity contribution in [1.29, 1.82) is 0 Å². The standard InChI is InChI=1S/C32H41N5O3/c1-24(20-25-8-6-5-7-9-25)22-36-17-14-28(15-18-36)35-29-30(38)37(19-16-33-29)23-27-12-10-26(11-13-27)21-34-31(39)40-32(2,3)4/h5-13,16,19-20,28H,14-15,17-18,21-23H2,1-4H3,(H,33,35)(H,34,39). The molecule has 0 spiro atoms. The van der Waals surface area contributed by atoms with Gasteiger partial charge in [0.25, 0.3) is 5.56 Å². The molecular weight excluding hydrogens is 502 g/mol. The van der Waals surface area contributed by atoms with Crippen LogP contribution in [0.3, 0.4) is 0 Å². The van der Waals surface area contributed by atoms with Gasteiger partial charge in [0.1, 0.15) is 5.60 Å². The van der Waals surface area contributed by atoms with Gasteiger partial charge in [-0.2, -0.15) is 0 Å². The van der Waals surface area contributed by atoms with Crippen molar-refractivity contribution in [2.75, 3.05) is 25.0 Å². The number of piperidine rings is 1. The van der Waals surface area contributed by atoms with E-state index >= 15 is 0 Å². The van der Waals surface area contributed by atoms with E-state index in [0.29, 0.717) is 18.9 Å². The molecule has 8 heteroatoms. The number of likely N-dealkylation sites (tertiary alicyclic amines) is 1. The molecule has 1 aliphatic heterocycles. The summed E-state index contributed by atoms with van der Waals surface area (Å²) >= 11 is 0. The zero-order valence-electron chi connectivity index (χ0n) is 24.0. The van der Waals surface area contributed by atoms with E-state index in [4.69, 9.17) is 4.74 Å². The molecule has 1 saturated heterocycles. The minimum absolute atomic E-state index is 0.123. The van der Waals surface area contributed by atoms with Crippen LogP contribution < -0.4 is 16.2 Å². The van der Waals surface area contributed by atoms with Gasteiger partial charge in [-0.05, 0) is 57.2 Å². The normalized spacial score (nSPS) is 15.1. The van der Waals surface area contributed by atoms with Crippen molar-refractivity contribution in [3.05, 3.63) is 99.6 Å². The third-order valence-corrected chi connectivity index (χ3v) is 6.74. The Bertz CT molecular complexity index is 1340. The Balaban J connectivity index is 1.26. The summed E-state index contributed by atoms with van der Waals surface area (Å²) in [6.07, 6.45) is 7.13. The van der Waals surface area contributed by atoms with E-state index in [9.17, 15) is 9.59 Å². The zero-order valence-corrected chi connectivity index (χ0v) is 24.0. The van der Waals surface area contributed by atoms with Crippen LogP contribution >= 0.6 is 0 Å². The number of alkyl carbamates (subject to hydrolysis) is 1. The molecule has 1 aromatic heterocycles. The smallest absolute Gasteiger partial charge is 0.407 e. The Labute approximate surface area is 237 Å². The molecule has 1 amide bonds. The Morgan fingerprint density at radius 3 is 2.40 bits per heavy atom. The van der Waals surface area contributed by atoms with E-state index in [1.807, 2.05) is 51.1 Å². The third-order valence-electron chi connectivity index (χ3n) is 6.74. The summed E-state index contributed by atoms with van der Waals surface area (Å²) in [6.45, 7) is 11.4. The van der Waals surface area contributed by atoms with Crippen LogP contribution in [0.1, 0.15) is 57.2 Å². The van der Waals surface area contributed by atoms with E-state index in [-0.39, 0.29) is 11.6 Å². The van der Waals surface area contributed by atoms with Crippen LogP contribution in [0.15, 0.2) is 77.4 Å². The topological polar surface area (TPSA) is 88.5 Å². The second-order valence-electron chi connectivity index (χ2n) is 11.5. The summed E-state index contributed by atoms with van der Waals surface area (Å²) < 4.78 is 6.95. The first-order valence-corrected chi connectivity index (χ1v) is 14.0. The molecule has 0 atom stereocenters. The Kier molecular flexibility index (Phi) is 9.77. The minimum atomic E-state index is -0.532. The number of nitrogens with one attached hydrogen (secondary N) is 2. The summed E-state index contributed by atoms with van der Waals surface area (Å²) in [5, 5.41) is 6.17. The van der Waals surface area contributed by atoms with Crippen LogP contribution in [0.2, 0.25) is 0 Å². The van der Waals surface area contributed by atoms with Crippen LogP contribution in [0, 0.1) is 0 Å². The number of aromatic nitrogens is 2. The highest BCUT2D eigenvalue weighted by atomic mass is 16.6. The molecule has 0 bridgehead atoms. The van der Waals surface area contributed by atoms with Crippen molar-refractivity contribution in [3.63, 3.8) is 0 Å². The lowest BCUT2D eigenvalue weighted by atomic mass is 10.0. The summed E-state index contributed by atoms with van der Waals surface area (Å²) in [5.74, 6) is 0.402. The number of ether oxygens (including phenoxy) is 1. The molecule has 1 fully saturated rings. The molecule has 3 aromatic rings. The van der Waals surface area contributed by atoms with Crippen LogP contribution in [0.5, 0.6) is 0 Å². The van der Waals surface area contributed by atoms with Gasteiger partial charge in [-0.3, -0.25) is 9.69 Å². The molecule has 2 heterocycles. The van der Waals surface area contributed by atoms with Gasteiger partial charge in [0.2, 0.25) is 0 Å². The second-order valence-corrected chi connectivity index (χ2v) is 11.5. The predicted molar refractivity (Wildman–Crippen MR) is 160 cm³/mol. The van der Waals surface area contributed by atoms with Gasteiger partial charge in [0.15, 0.2) is 5.82 Å². The number of amides is 1. The second kappa shape index (κ2) is 13.4. The molecule has 1 aliphatic rings. The van der Waals surface area contributed by atoms with Crippen LogP contribution in [0.25, 0.3) is 6.08 Å². The van der Waals surface area contributed by atoms with Gasteiger partial charge < -0.3 is 19.9 Å². The van der Waals surface area contributed by atoms with Gasteiger partial charge in [-0.1, -0.05) is 66.2 Å². The zero-order chi connectivity index (χ0) is 28.5. The summed E-state index contributed by atoms with van der Waals surface area (Å²) in [6, 6.07) is 18.5. The number of hydrogen-bond donors (Lipinski definition) is 2. The number of nitrogens with zero attached hydrogens (tertiary/aromatic N) is 3. The fourth-order valence-corrected chi connectivity index (χ4v) is 4.78. The Morgan fingerprint density at radius 1 is 1.05 bits per heavy atom. The quantitative estimate of drug-likeness (QED) is 0.381. The van der Waals surface area contributed by atoms with E-state index in [1.165, 1.54) is 11.1 Å². The summed E-state index contributed by atoms with van der Waals surface area (Å²) in [5.41, 5.74) is 3.87. The number of hydrogen-bond acceptors (Lipinski definition) is 6. The first-order valence-electron chi connectivity index (χ1n) is 14.0. The lowest BCUT2D eigenvalue weighted by Gasteiger charge is -2.32. The van der Waals surface area contributed by atoms with Crippen molar-refractivity contribution in [1.82, 2.24) is 19.8 Å². The highest BCUT2D eigenvalue weighted by molar-refractivity contribution is 5.67. The molecule has 40 heavy (non-hydrogen) atoms. The molecule has 4 rings (SSSR count). The molecule has 0 unspecified atom stereocenters. The SMILES string of the molecule is CC(=Cc1ccccc1)CN1CCC(Nc2nccn(Cc3ccc(CNC(=O)OC(C)(C)C)cc3)c2=O)CC1. The van der Waals surface area contributed by atoms with Gasteiger partial charge in [-0.25, -0.2) is 9.78 Å². The van der Waals surface area contributed by atoms with Crippen molar-refractivity contribution >= 4 is 18.0 Å². The highest BCUT2D eigenvalue weighted by Crippen LogP contribution is 2.16. The van der Waals surface area contributed by atoms with Gasteiger partial charge in [0.05, 0.1) is 6.54 Å². The summed E-state index contributed by atoms with van der Waals surface area (Å²) in [7, 11) is 0. The Morgan fingerprint density at radius 2 is 1.73 bits per heavy atom. The molecule has 0 saturated carbocycles. The molecular formula is C32H41N5O3. The number of rotatable bonds is 9. The largest absolute Gasteiger partial charge is 0.444 e. The number of carbonyl (C=O) groups is 1. The molecule has 0 radical (unpaired) electrons. The number of anilines is 1. The van der Waals surface area contributed by atoms with Crippen molar-refractivity contribution < 1.29 is 9.53 Å². The van der Waals surface area contributed by atoms with Crippen LogP contribution in [-0.2, 0) is 17.8 Å². The molecule has 2 N–H and O–H groups in total. The monoisotopic (exact) mass is 543 g/mol. The van der Waals surface area contributed by atoms with E-state index in [2.05, 4.69) is 57.8 Å². The lowest BCUT2D eigenvalue weighted by Crippen LogP contribution is -2.41. The number of carbonyl (C=O) groups excluding carboxylic acids is 1. The van der Waals surface area contributed by atoms with E-state index in [1.54, 1.807) is 17.0 Å². The maximum atomic E-state index is 13.1. The lowest BCUT2D eigenvalue weighted by molar-refractivity contribution is 0.0523. The average Bonchev–Trinajstić information content (AvgIpc) is 2.91. The van der Waals surface area contributed by atoms with Crippen LogP contribution in [0.4, 0.5) is 10.6 Å². The molecule has 2 aromatic carbocycles. The van der Waals surface area contributed by atoms with Gasteiger partial charge in [0, 0.05) is 44.6 Å². The predicted octanol–water partition coefficient (Wildman–Crippen LogP) is 5.30. The van der Waals surface area contributed by atoms with E-state index in [0.717, 1.165) is 43.6 Å². The summed E-state index contributed by atoms with van der Waals surface area (Å²) in [4.78, 5) is 31.9. The fraction of sp³-hybridized carbons (Fsp3) is 0.406. The highest BCUT2D eigenvalue weighted by Gasteiger charge is 2.21. The van der Waals surface area contributed by atoms with Gasteiger partial charge >= 0.3 is 6.09 Å². The van der Waals surface area contributed by atoms with Gasteiger partial charge in [-0.15, -0.1) is 0 Å². The third kappa shape index (κ3) is 9.09. The first kappa shape index (κ1) is 29.1. The molecule has 212 valence electrons. The Hall–Kier alpha value is -3.91. The molecule has 8 nitrogen and oxygen atoms in total. The van der Waals surface area contributed by atoms with Crippen molar-refractivity contribution in [2.24, 2.45) is 0 Å². The van der Waals surface area contributed by atoms with E-state index < -0.39 is 11.7 Å². The average molecular weight is 544 g/mol. The number of benzene rings is 2. The van der Waals surface area contributed by atoms with Crippen LogP contribution in [-0.4, -0.2) is 51.8 Å². The maximum absolute atomic E-state index is 13.1. The molecule has 0 aliphatic carbocycles. The minimum Gasteiger partial charge on any atom is -0.444 e. The maximum Gasteiger partial charge on any atom is 0.407 e. The fourth-order valence-electron chi connectivity index (χ4n) is 4.78.